The second kappa shape index (κ2) is 6.12. The first kappa shape index (κ1) is 15.9. The van der Waals surface area contributed by atoms with E-state index in [1.165, 1.54) is 0 Å². The van der Waals surface area contributed by atoms with E-state index in [2.05, 4.69) is 5.32 Å². The quantitative estimate of drug-likeness (QED) is 0.891. The molecule has 1 fully saturated rings. The Bertz CT molecular complexity index is 586. The van der Waals surface area contributed by atoms with Crippen LogP contribution in [0.2, 0.25) is 10.0 Å². The highest BCUT2D eigenvalue weighted by Gasteiger charge is 2.37. The number of urea groups is 1. The molecule has 7 heteroatoms. The molecule has 0 spiro atoms. The van der Waals surface area contributed by atoms with E-state index in [-0.39, 0.29) is 11.9 Å². The van der Waals surface area contributed by atoms with E-state index in [1.807, 2.05) is 6.92 Å². The maximum Gasteiger partial charge on any atom is 0.321 e. The summed E-state index contributed by atoms with van der Waals surface area (Å²) in [5.74, 6) is -1.30. The average Bonchev–Trinajstić information content (AvgIpc) is 2.33. The first-order valence-corrected chi connectivity index (χ1v) is 7.29. The monoisotopic (exact) mass is 330 g/mol. The minimum Gasteiger partial charge on any atom is -0.481 e. The third kappa shape index (κ3) is 3.41. The van der Waals surface area contributed by atoms with Gasteiger partial charge in [-0.1, -0.05) is 30.1 Å². The molecule has 1 saturated heterocycles. The lowest BCUT2D eigenvalue weighted by atomic mass is 9.87. The highest BCUT2D eigenvalue weighted by atomic mass is 35.5. The van der Waals surface area contributed by atoms with Crippen LogP contribution >= 0.6 is 23.2 Å². The second-order valence-electron chi connectivity index (χ2n) is 5.30. The molecule has 5 nitrogen and oxygen atoms in total. The molecule has 0 bridgehead atoms. The summed E-state index contributed by atoms with van der Waals surface area (Å²) in [5, 5.41) is 12.6. The van der Waals surface area contributed by atoms with Crippen molar-refractivity contribution in [2.24, 2.45) is 11.8 Å². The fraction of sp³-hybridized carbons (Fsp3) is 0.429. The SMILES string of the molecule is Cc1cc(Cl)c(NC(=O)N2CC(C(C)C(=O)O)C2)cc1Cl. The molecule has 0 aromatic heterocycles. The molecule has 2 rings (SSSR count). The van der Waals surface area contributed by atoms with E-state index >= 15 is 0 Å². The van der Waals surface area contributed by atoms with Crippen LogP contribution in [0.1, 0.15) is 12.5 Å². The number of nitrogens with zero attached hydrogens (tertiary/aromatic N) is 1. The largest absolute Gasteiger partial charge is 0.481 e. The van der Waals surface area contributed by atoms with Gasteiger partial charge in [0, 0.05) is 24.0 Å². The molecule has 21 heavy (non-hydrogen) atoms. The molecular formula is C14H16Cl2N2O3. The summed E-state index contributed by atoms with van der Waals surface area (Å²) in [4.78, 5) is 24.5. The van der Waals surface area contributed by atoms with E-state index < -0.39 is 11.9 Å². The van der Waals surface area contributed by atoms with Gasteiger partial charge in [-0.25, -0.2) is 4.79 Å². The number of nitrogens with one attached hydrogen (secondary N) is 1. The number of carbonyl (C=O) groups excluding carboxylic acids is 1. The number of carboxylic acid groups (broad SMARTS) is 1. The Balaban J connectivity index is 1.95. The number of likely N-dealkylation sites (tertiary alicyclic amines) is 1. The van der Waals surface area contributed by atoms with Crippen LogP contribution in [0.5, 0.6) is 0 Å². The topological polar surface area (TPSA) is 69.6 Å². The molecule has 1 heterocycles. The number of aryl methyl sites for hydroxylation is 1. The number of rotatable bonds is 3. The Kier molecular flexibility index (Phi) is 4.64. The van der Waals surface area contributed by atoms with Crippen molar-refractivity contribution in [2.75, 3.05) is 18.4 Å². The highest BCUT2D eigenvalue weighted by Crippen LogP contribution is 2.30. The molecule has 1 aliphatic heterocycles. The zero-order valence-electron chi connectivity index (χ0n) is 11.7. The van der Waals surface area contributed by atoms with Gasteiger partial charge in [-0.15, -0.1) is 0 Å². The van der Waals surface area contributed by atoms with Crippen LogP contribution < -0.4 is 5.32 Å². The highest BCUT2D eigenvalue weighted by molar-refractivity contribution is 6.36. The van der Waals surface area contributed by atoms with E-state index in [0.717, 1.165) is 5.56 Å². The number of hydrogen-bond donors (Lipinski definition) is 2. The van der Waals surface area contributed by atoms with Crippen molar-refractivity contribution >= 4 is 40.9 Å². The first-order valence-electron chi connectivity index (χ1n) is 6.54. The third-order valence-corrected chi connectivity index (χ3v) is 4.50. The summed E-state index contributed by atoms with van der Waals surface area (Å²) in [5.41, 5.74) is 1.28. The lowest BCUT2D eigenvalue weighted by Crippen LogP contribution is -2.54. The number of benzene rings is 1. The summed E-state index contributed by atoms with van der Waals surface area (Å²) < 4.78 is 0. The Labute approximate surface area is 132 Å². The summed E-state index contributed by atoms with van der Waals surface area (Å²) >= 11 is 12.1. The fourth-order valence-electron chi connectivity index (χ4n) is 2.13. The summed E-state index contributed by atoms with van der Waals surface area (Å²) in [6, 6.07) is 2.99. The second-order valence-corrected chi connectivity index (χ2v) is 6.12. The molecular weight excluding hydrogens is 315 g/mol. The lowest BCUT2D eigenvalue weighted by Gasteiger charge is -2.41. The molecule has 0 radical (unpaired) electrons. The van der Waals surface area contributed by atoms with Crippen molar-refractivity contribution in [3.8, 4) is 0 Å². The molecule has 1 atom stereocenters. The maximum atomic E-state index is 12.0. The number of anilines is 1. The van der Waals surface area contributed by atoms with Gasteiger partial charge in [-0.05, 0) is 24.6 Å². The van der Waals surface area contributed by atoms with E-state index in [0.29, 0.717) is 28.8 Å². The van der Waals surface area contributed by atoms with Gasteiger partial charge in [-0.2, -0.15) is 0 Å². The van der Waals surface area contributed by atoms with Crippen LogP contribution in [0, 0.1) is 18.8 Å². The van der Waals surface area contributed by atoms with Crippen molar-refractivity contribution in [1.82, 2.24) is 4.90 Å². The number of aliphatic carboxylic acids is 1. The molecule has 1 unspecified atom stereocenters. The number of amides is 2. The molecule has 1 aromatic rings. The standard InChI is InChI=1S/C14H16Cl2N2O3/c1-7-3-11(16)12(4-10(7)15)17-14(21)18-5-9(6-18)8(2)13(19)20/h3-4,8-9H,5-6H2,1-2H3,(H,17,21)(H,19,20). The third-order valence-electron chi connectivity index (χ3n) is 3.78. The number of hydrogen-bond acceptors (Lipinski definition) is 2. The minimum absolute atomic E-state index is 0.00896. The van der Waals surface area contributed by atoms with Crippen molar-refractivity contribution in [3.05, 3.63) is 27.7 Å². The van der Waals surface area contributed by atoms with Crippen molar-refractivity contribution in [2.45, 2.75) is 13.8 Å². The molecule has 2 amide bonds. The van der Waals surface area contributed by atoms with E-state index in [9.17, 15) is 9.59 Å². The predicted molar refractivity (Wildman–Crippen MR) is 82.1 cm³/mol. The number of carbonyl (C=O) groups is 2. The van der Waals surface area contributed by atoms with E-state index in [1.54, 1.807) is 24.0 Å². The van der Waals surface area contributed by atoms with Crippen LogP contribution in [0.4, 0.5) is 10.5 Å². The minimum atomic E-state index is -0.839. The van der Waals surface area contributed by atoms with Crippen LogP contribution in [-0.4, -0.2) is 35.1 Å². The molecule has 0 saturated carbocycles. The molecule has 0 aliphatic carbocycles. The summed E-state index contributed by atoms with van der Waals surface area (Å²) in [6.07, 6.45) is 0. The van der Waals surface area contributed by atoms with Gasteiger partial charge in [0.25, 0.3) is 0 Å². The lowest BCUT2D eigenvalue weighted by molar-refractivity contribution is -0.144. The normalized spacial score (nSPS) is 16.3. The van der Waals surface area contributed by atoms with Crippen LogP contribution in [-0.2, 0) is 4.79 Å². The Hall–Kier alpha value is -1.46. The number of halogens is 2. The number of carboxylic acids is 1. The van der Waals surface area contributed by atoms with E-state index in [4.69, 9.17) is 28.3 Å². The molecule has 1 aliphatic rings. The average molecular weight is 331 g/mol. The van der Waals surface area contributed by atoms with Gasteiger partial charge in [0.1, 0.15) is 0 Å². The predicted octanol–water partition coefficient (Wildman–Crippen LogP) is 3.49. The van der Waals surface area contributed by atoms with Gasteiger partial charge >= 0.3 is 12.0 Å². The summed E-state index contributed by atoms with van der Waals surface area (Å²) in [7, 11) is 0. The van der Waals surface area contributed by atoms with Crippen molar-refractivity contribution in [1.29, 1.82) is 0 Å². The summed E-state index contributed by atoms with van der Waals surface area (Å²) in [6.45, 7) is 4.33. The zero-order valence-corrected chi connectivity index (χ0v) is 13.2. The van der Waals surface area contributed by atoms with Crippen molar-refractivity contribution < 1.29 is 14.7 Å². The smallest absolute Gasteiger partial charge is 0.321 e. The Morgan fingerprint density at radius 2 is 1.95 bits per heavy atom. The van der Waals surface area contributed by atoms with Crippen LogP contribution in [0.3, 0.4) is 0 Å². The van der Waals surface area contributed by atoms with Gasteiger partial charge in [0.05, 0.1) is 16.6 Å². The van der Waals surface area contributed by atoms with Gasteiger partial charge in [0.2, 0.25) is 0 Å². The van der Waals surface area contributed by atoms with Gasteiger partial charge in [-0.3, -0.25) is 4.79 Å². The maximum absolute atomic E-state index is 12.0. The molecule has 2 N–H and O–H groups in total. The van der Waals surface area contributed by atoms with Crippen LogP contribution in [0.15, 0.2) is 12.1 Å². The molecule has 1 aromatic carbocycles. The van der Waals surface area contributed by atoms with Crippen LogP contribution in [0.25, 0.3) is 0 Å². The first-order chi connectivity index (χ1) is 9.79. The van der Waals surface area contributed by atoms with Crippen molar-refractivity contribution in [3.63, 3.8) is 0 Å². The Morgan fingerprint density at radius 3 is 2.52 bits per heavy atom. The van der Waals surface area contributed by atoms with Gasteiger partial charge in [0.15, 0.2) is 0 Å². The Morgan fingerprint density at radius 1 is 1.33 bits per heavy atom. The van der Waals surface area contributed by atoms with Gasteiger partial charge < -0.3 is 15.3 Å². The zero-order chi connectivity index (χ0) is 15.7. The molecule has 114 valence electrons. The fourth-order valence-corrected chi connectivity index (χ4v) is 2.56.